The summed E-state index contributed by atoms with van der Waals surface area (Å²) in [7, 11) is 1.64. The highest BCUT2D eigenvalue weighted by Crippen LogP contribution is 2.25. The quantitative estimate of drug-likeness (QED) is 0.802. The third-order valence-electron chi connectivity index (χ3n) is 4.02. The fourth-order valence-corrected chi connectivity index (χ4v) is 3.48. The van der Waals surface area contributed by atoms with Crippen LogP contribution in [-0.2, 0) is 0 Å². The highest BCUT2D eigenvalue weighted by atomic mass is 35.5. The minimum Gasteiger partial charge on any atom is -0.497 e. The molecule has 1 fully saturated rings. The summed E-state index contributed by atoms with van der Waals surface area (Å²) in [6.45, 7) is 2.78. The molecular formula is C17H23Cl2N3O2S. The van der Waals surface area contributed by atoms with Crippen LogP contribution in [0.5, 0.6) is 5.75 Å². The van der Waals surface area contributed by atoms with E-state index >= 15 is 0 Å². The molecule has 1 saturated heterocycles. The van der Waals surface area contributed by atoms with Gasteiger partial charge in [-0.3, -0.25) is 4.79 Å². The molecule has 138 valence electrons. The number of thiazole rings is 1. The highest BCUT2D eigenvalue weighted by molar-refractivity contribution is 7.13. The summed E-state index contributed by atoms with van der Waals surface area (Å²) >= 11 is 1.48. The van der Waals surface area contributed by atoms with Crippen molar-refractivity contribution in [3.8, 4) is 16.3 Å². The summed E-state index contributed by atoms with van der Waals surface area (Å²) in [4.78, 5) is 16.7. The van der Waals surface area contributed by atoms with Gasteiger partial charge in [0, 0.05) is 17.5 Å². The fraction of sp³-hybridized carbons (Fsp3) is 0.412. The van der Waals surface area contributed by atoms with Crippen molar-refractivity contribution in [1.29, 1.82) is 0 Å². The number of halogens is 2. The minimum absolute atomic E-state index is 0. The zero-order valence-corrected chi connectivity index (χ0v) is 16.4. The summed E-state index contributed by atoms with van der Waals surface area (Å²) in [5, 5.41) is 9.01. The van der Waals surface area contributed by atoms with Crippen LogP contribution in [0, 0.1) is 5.92 Å². The highest BCUT2D eigenvalue weighted by Gasteiger charge is 2.16. The van der Waals surface area contributed by atoms with Crippen molar-refractivity contribution in [1.82, 2.24) is 15.6 Å². The molecule has 2 N–H and O–H groups in total. The first-order chi connectivity index (χ1) is 11.3. The largest absolute Gasteiger partial charge is 0.497 e. The summed E-state index contributed by atoms with van der Waals surface area (Å²) in [6.07, 6.45) is 2.35. The number of amides is 1. The maximum Gasteiger partial charge on any atom is 0.270 e. The smallest absolute Gasteiger partial charge is 0.270 e. The van der Waals surface area contributed by atoms with Gasteiger partial charge >= 0.3 is 0 Å². The molecular weight excluding hydrogens is 381 g/mol. The number of hydrogen-bond donors (Lipinski definition) is 2. The van der Waals surface area contributed by atoms with Gasteiger partial charge in [-0.2, -0.15) is 0 Å². The number of methoxy groups -OCH3 is 1. The van der Waals surface area contributed by atoms with E-state index in [0.717, 1.165) is 29.4 Å². The molecule has 1 atom stereocenters. The van der Waals surface area contributed by atoms with Crippen LogP contribution in [0.25, 0.3) is 10.6 Å². The number of hydrogen-bond acceptors (Lipinski definition) is 5. The third kappa shape index (κ3) is 5.85. The van der Waals surface area contributed by atoms with E-state index in [1.54, 1.807) is 7.11 Å². The molecule has 8 heteroatoms. The Morgan fingerprint density at radius 2 is 2.12 bits per heavy atom. The van der Waals surface area contributed by atoms with Gasteiger partial charge in [0.2, 0.25) is 0 Å². The lowest BCUT2D eigenvalue weighted by atomic mass is 10.00. The van der Waals surface area contributed by atoms with Gasteiger partial charge in [0.1, 0.15) is 16.5 Å². The van der Waals surface area contributed by atoms with E-state index in [9.17, 15) is 4.79 Å². The van der Waals surface area contributed by atoms with E-state index in [1.165, 1.54) is 24.2 Å². The van der Waals surface area contributed by atoms with Crippen LogP contribution in [-0.4, -0.2) is 37.6 Å². The average molecular weight is 404 g/mol. The second-order valence-corrected chi connectivity index (χ2v) is 6.55. The van der Waals surface area contributed by atoms with Crippen LogP contribution in [0.4, 0.5) is 0 Å². The van der Waals surface area contributed by atoms with Gasteiger partial charge in [0.25, 0.3) is 5.91 Å². The van der Waals surface area contributed by atoms with Crippen molar-refractivity contribution >= 4 is 42.1 Å². The van der Waals surface area contributed by atoms with Gasteiger partial charge in [0.05, 0.1) is 7.11 Å². The summed E-state index contributed by atoms with van der Waals surface area (Å²) in [5.74, 6) is 1.24. The van der Waals surface area contributed by atoms with Gasteiger partial charge in [-0.05, 0) is 56.1 Å². The molecule has 3 rings (SSSR count). The molecule has 1 aromatic heterocycles. The number of carbonyl (C=O) groups is 1. The Morgan fingerprint density at radius 1 is 1.36 bits per heavy atom. The topological polar surface area (TPSA) is 63.2 Å². The van der Waals surface area contributed by atoms with E-state index < -0.39 is 0 Å². The van der Waals surface area contributed by atoms with Gasteiger partial charge in [0.15, 0.2) is 0 Å². The normalized spacial score (nSPS) is 16.3. The van der Waals surface area contributed by atoms with Crippen molar-refractivity contribution in [2.45, 2.75) is 12.8 Å². The lowest BCUT2D eigenvalue weighted by Gasteiger charge is -2.22. The molecule has 0 bridgehead atoms. The van der Waals surface area contributed by atoms with E-state index in [-0.39, 0.29) is 30.7 Å². The first kappa shape index (κ1) is 21.7. The van der Waals surface area contributed by atoms with Gasteiger partial charge in [-0.25, -0.2) is 4.98 Å². The van der Waals surface area contributed by atoms with Crippen molar-refractivity contribution in [2.75, 3.05) is 26.7 Å². The Hall–Kier alpha value is -1.34. The number of rotatable bonds is 5. The predicted molar refractivity (Wildman–Crippen MR) is 107 cm³/mol. The molecule has 0 aliphatic carbocycles. The molecule has 0 radical (unpaired) electrons. The molecule has 1 amide bonds. The number of piperidine rings is 1. The Labute approximate surface area is 164 Å². The molecule has 0 spiro atoms. The van der Waals surface area contributed by atoms with Crippen LogP contribution in [0.2, 0.25) is 0 Å². The molecule has 1 aliphatic heterocycles. The number of carbonyl (C=O) groups excluding carboxylic acids is 1. The first-order valence-corrected chi connectivity index (χ1v) is 8.73. The van der Waals surface area contributed by atoms with E-state index in [2.05, 4.69) is 15.6 Å². The van der Waals surface area contributed by atoms with Crippen LogP contribution in [0.1, 0.15) is 23.3 Å². The minimum atomic E-state index is -0.0911. The van der Waals surface area contributed by atoms with Gasteiger partial charge < -0.3 is 15.4 Å². The van der Waals surface area contributed by atoms with E-state index in [1.807, 2.05) is 29.6 Å². The number of benzene rings is 1. The van der Waals surface area contributed by atoms with Crippen LogP contribution in [0.15, 0.2) is 29.6 Å². The van der Waals surface area contributed by atoms with Crippen LogP contribution < -0.4 is 15.4 Å². The Morgan fingerprint density at radius 3 is 2.76 bits per heavy atom. The molecule has 1 aliphatic rings. The summed E-state index contributed by atoms with van der Waals surface area (Å²) in [6, 6.07) is 7.69. The third-order valence-corrected chi connectivity index (χ3v) is 4.92. The molecule has 2 heterocycles. The number of aromatic nitrogens is 1. The average Bonchev–Trinajstić information content (AvgIpc) is 3.11. The first-order valence-electron chi connectivity index (χ1n) is 7.85. The van der Waals surface area contributed by atoms with Crippen LogP contribution in [0.3, 0.4) is 0 Å². The molecule has 2 aromatic rings. The van der Waals surface area contributed by atoms with Gasteiger partial charge in [-0.15, -0.1) is 36.2 Å². The fourth-order valence-electron chi connectivity index (χ4n) is 2.67. The summed E-state index contributed by atoms with van der Waals surface area (Å²) in [5.41, 5.74) is 1.48. The maximum atomic E-state index is 12.2. The Bertz CT molecular complexity index is 658. The van der Waals surface area contributed by atoms with Crippen molar-refractivity contribution in [3.05, 3.63) is 35.3 Å². The number of ether oxygens (including phenoxy) is 1. The monoisotopic (exact) mass is 403 g/mol. The SMILES string of the molecule is COc1ccc(-c2nc(C(=O)NCC3CCCNC3)cs2)cc1.Cl.Cl. The van der Waals surface area contributed by atoms with Crippen molar-refractivity contribution < 1.29 is 9.53 Å². The Kier molecular flexibility index (Phi) is 9.21. The van der Waals surface area contributed by atoms with Crippen molar-refractivity contribution in [2.24, 2.45) is 5.92 Å². The van der Waals surface area contributed by atoms with E-state index in [0.29, 0.717) is 18.2 Å². The number of nitrogens with zero attached hydrogens (tertiary/aromatic N) is 1. The molecule has 5 nitrogen and oxygen atoms in total. The van der Waals surface area contributed by atoms with Crippen LogP contribution >= 0.6 is 36.2 Å². The zero-order chi connectivity index (χ0) is 16.1. The van der Waals surface area contributed by atoms with Crippen molar-refractivity contribution in [3.63, 3.8) is 0 Å². The number of nitrogens with one attached hydrogen (secondary N) is 2. The lowest BCUT2D eigenvalue weighted by Crippen LogP contribution is -2.38. The second kappa shape index (κ2) is 10.6. The molecule has 0 saturated carbocycles. The standard InChI is InChI=1S/C17H21N3O2S.2ClH/c1-22-14-6-4-13(5-7-14)17-20-15(11-23-17)16(21)19-10-12-3-2-8-18-9-12;;/h4-7,11-12,18H,2-3,8-10H2,1H3,(H,19,21);2*1H. The Balaban J connectivity index is 0.00000156. The molecule has 1 unspecified atom stereocenters. The zero-order valence-electron chi connectivity index (χ0n) is 14.0. The lowest BCUT2D eigenvalue weighted by molar-refractivity contribution is 0.0940. The predicted octanol–water partition coefficient (Wildman–Crippen LogP) is 3.39. The van der Waals surface area contributed by atoms with Gasteiger partial charge in [-0.1, -0.05) is 0 Å². The molecule has 25 heavy (non-hydrogen) atoms. The second-order valence-electron chi connectivity index (χ2n) is 5.69. The van der Waals surface area contributed by atoms with E-state index in [4.69, 9.17) is 4.74 Å². The summed E-state index contributed by atoms with van der Waals surface area (Å²) < 4.78 is 5.15. The maximum absolute atomic E-state index is 12.2. The molecule has 1 aromatic carbocycles.